The molecule has 2 rings (SSSR count). The first-order valence-corrected chi connectivity index (χ1v) is 7.73. The van der Waals surface area contributed by atoms with Crippen molar-refractivity contribution >= 4 is 40.3 Å². The number of carboxylic acid groups (broad SMARTS) is 1. The number of nitrogens with zero attached hydrogens (tertiary/aromatic N) is 3. The number of aromatic nitrogens is 3. The number of thioether (sulfide) groups is 1. The Morgan fingerprint density at radius 3 is 2.89 bits per heavy atom. The molecule has 0 unspecified atom stereocenters. The molecule has 1 aromatic heterocycles. The zero-order valence-corrected chi connectivity index (χ0v) is 13.2. The van der Waals surface area contributed by atoms with Crippen LogP contribution in [0.15, 0.2) is 29.4 Å². The largest absolute Gasteiger partial charge is 0.481 e. The molecule has 0 aliphatic rings. The van der Waals surface area contributed by atoms with Gasteiger partial charge in [0.2, 0.25) is 0 Å². The maximum atomic E-state index is 10.7. The van der Waals surface area contributed by atoms with Gasteiger partial charge >= 0.3 is 5.97 Å². The van der Waals surface area contributed by atoms with Gasteiger partial charge in [-0.05, 0) is 40.8 Å². The molecule has 0 bridgehead atoms. The summed E-state index contributed by atoms with van der Waals surface area (Å²) < 4.78 is 3.02. The lowest BCUT2D eigenvalue weighted by Crippen LogP contribution is -2.04. The van der Waals surface area contributed by atoms with Crippen molar-refractivity contribution in [3.05, 3.63) is 33.7 Å². The summed E-state index contributed by atoms with van der Waals surface area (Å²) in [4.78, 5) is 10.7. The molecule has 1 heterocycles. The van der Waals surface area contributed by atoms with Crippen LogP contribution in [0.3, 0.4) is 0 Å². The monoisotopic (exact) mass is 389 g/mol. The quantitative estimate of drug-likeness (QED) is 0.629. The second-order valence-corrected chi connectivity index (χ2v) is 5.94. The molecule has 0 saturated heterocycles. The number of hydrogen-bond donors (Lipinski definition) is 1. The lowest BCUT2D eigenvalue weighted by molar-refractivity contribution is -0.133. The van der Waals surface area contributed by atoms with E-state index in [2.05, 4.69) is 32.8 Å². The number of aliphatic carboxylic acids is 1. The van der Waals surface area contributed by atoms with Crippen LogP contribution in [0.2, 0.25) is 0 Å². The van der Waals surface area contributed by atoms with Crippen molar-refractivity contribution in [2.75, 3.05) is 5.75 Å². The second-order valence-electron chi connectivity index (χ2n) is 3.75. The van der Waals surface area contributed by atoms with E-state index in [4.69, 9.17) is 5.11 Å². The van der Waals surface area contributed by atoms with Crippen molar-refractivity contribution < 1.29 is 9.90 Å². The highest BCUT2D eigenvalue weighted by Gasteiger charge is 2.14. The minimum atomic E-state index is -0.861. The minimum Gasteiger partial charge on any atom is -0.481 e. The summed E-state index contributed by atoms with van der Waals surface area (Å²) in [5.41, 5.74) is 0.960. The molecule has 1 aromatic carbocycles. The third kappa shape index (κ3) is 3.47. The predicted molar refractivity (Wildman–Crippen MR) is 81.8 cm³/mol. The number of aryl methyl sites for hydroxylation is 1. The predicted octanol–water partition coefficient (Wildman–Crippen LogP) is 2.61. The summed E-state index contributed by atoms with van der Waals surface area (Å²) in [6.07, 6.45) is 0.742. The summed E-state index contributed by atoms with van der Waals surface area (Å²) >= 11 is 3.42. The topological polar surface area (TPSA) is 68.0 Å². The van der Waals surface area contributed by atoms with Gasteiger partial charge < -0.3 is 5.11 Å². The maximum Gasteiger partial charge on any atom is 0.313 e. The highest BCUT2D eigenvalue weighted by molar-refractivity contribution is 14.1. The van der Waals surface area contributed by atoms with Gasteiger partial charge in [0, 0.05) is 9.99 Å². The Morgan fingerprint density at radius 1 is 1.47 bits per heavy atom. The first-order valence-electron chi connectivity index (χ1n) is 5.66. The lowest BCUT2D eigenvalue weighted by Gasteiger charge is -2.09. The number of benzene rings is 1. The van der Waals surface area contributed by atoms with E-state index in [0.29, 0.717) is 5.16 Å². The van der Waals surface area contributed by atoms with Crippen LogP contribution in [0.1, 0.15) is 12.7 Å². The molecule has 19 heavy (non-hydrogen) atoms. The third-order valence-corrected chi connectivity index (χ3v) is 3.99. The molecule has 5 nitrogen and oxygen atoms in total. The molecule has 0 atom stereocenters. The number of halogens is 1. The molecular weight excluding hydrogens is 377 g/mol. The van der Waals surface area contributed by atoms with Gasteiger partial charge in [-0.15, -0.1) is 10.2 Å². The van der Waals surface area contributed by atoms with Crippen LogP contribution in [0.25, 0.3) is 5.69 Å². The summed E-state index contributed by atoms with van der Waals surface area (Å²) in [5.74, 6) is -0.0543. The van der Waals surface area contributed by atoms with E-state index in [0.717, 1.165) is 21.5 Å². The van der Waals surface area contributed by atoms with E-state index in [1.54, 1.807) is 0 Å². The summed E-state index contributed by atoms with van der Waals surface area (Å²) in [6.45, 7) is 2.00. The van der Waals surface area contributed by atoms with Crippen molar-refractivity contribution in [3.8, 4) is 5.69 Å². The van der Waals surface area contributed by atoms with E-state index in [1.165, 1.54) is 11.8 Å². The van der Waals surface area contributed by atoms with Crippen LogP contribution >= 0.6 is 34.4 Å². The van der Waals surface area contributed by atoms with Crippen LogP contribution in [-0.2, 0) is 11.2 Å². The summed E-state index contributed by atoms with van der Waals surface area (Å²) in [6, 6.07) is 7.95. The Labute approximate surface area is 128 Å². The Morgan fingerprint density at radius 2 is 2.26 bits per heavy atom. The second kappa shape index (κ2) is 6.38. The molecule has 0 radical (unpaired) electrons. The Kier molecular flexibility index (Phi) is 4.81. The lowest BCUT2D eigenvalue weighted by atomic mass is 10.3. The van der Waals surface area contributed by atoms with Gasteiger partial charge in [0.05, 0.1) is 11.4 Å². The fourth-order valence-corrected chi connectivity index (χ4v) is 2.84. The van der Waals surface area contributed by atoms with Gasteiger partial charge in [0.1, 0.15) is 5.82 Å². The van der Waals surface area contributed by atoms with E-state index in [-0.39, 0.29) is 5.75 Å². The average Bonchev–Trinajstić information content (AvgIpc) is 2.79. The average molecular weight is 389 g/mol. The van der Waals surface area contributed by atoms with Crippen LogP contribution in [0.4, 0.5) is 0 Å². The molecule has 0 aliphatic carbocycles. The van der Waals surface area contributed by atoms with E-state index in [1.807, 2.05) is 35.8 Å². The molecule has 0 amide bonds. The molecule has 1 N–H and O–H groups in total. The smallest absolute Gasteiger partial charge is 0.313 e. The highest BCUT2D eigenvalue weighted by Crippen LogP contribution is 2.23. The van der Waals surface area contributed by atoms with Gasteiger partial charge in [0.15, 0.2) is 5.16 Å². The Balaban J connectivity index is 2.41. The zero-order valence-electron chi connectivity index (χ0n) is 10.2. The van der Waals surface area contributed by atoms with Crippen LogP contribution in [-0.4, -0.2) is 31.6 Å². The van der Waals surface area contributed by atoms with Gasteiger partial charge in [-0.2, -0.15) is 0 Å². The van der Waals surface area contributed by atoms with Gasteiger partial charge in [-0.1, -0.05) is 24.8 Å². The van der Waals surface area contributed by atoms with Crippen molar-refractivity contribution in [1.29, 1.82) is 0 Å². The van der Waals surface area contributed by atoms with E-state index >= 15 is 0 Å². The minimum absolute atomic E-state index is 0.0221. The molecule has 7 heteroatoms. The van der Waals surface area contributed by atoms with Crippen molar-refractivity contribution in [2.45, 2.75) is 18.5 Å². The molecule has 0 saturated carbocycles. The fraction of sp³-hybridized carbons (Fsp3) is 0.250. The summed E-state index contributed by atoms with van der Waals surface area (Å²) in [7, 11) is 0. The Bertz CT molecular complexity index is 600. The van der Waals surface area contributed by atoms with Crippen LogP contribution < -0.4 is 0 Å². The van der Waals surface area contributed by atoms with Gasteiger partial charge in [-0.25, -0.2) is 0 Å². The molecule has 0 fully saturated rings. The number of carboxylic acids is 1. The Hall–Kier alpha value is -1.09. The normalized spacial score (nSPS) is 10.6. The summed E-state index contributed by atoms with van der Waals surface area (Å²) in [5, 5.41) is 17.6. The first-order chi connectivity index (χ1) is 9.11. The molecular formula is C12H12IN3O2S. The number of carbonyl (C=O) groups is 1. The van der Waals surface area contributed by atoms with E-state index < -0.39 is 5.97 Å². The van der Waals surface area contributed by atoms with Gasteiger partial charge in [0.25, 0.3) is 0 Å². The fourth-order valence-electron chi connectivity index (χ4n) is 1.62. The third-order valence-electron chi connectivity index (χ3n) is 2.41. The van der Waals surface area contributed by atoms with E-state index in [9.17, 15) is 4.79 Å². The number of rotatable bonds is 5. The van der Waals surface area contributed by atoms with Crippen molar-refractivity contribution in [3.63, 3.8) is 0 Å². The SMILES string of the molecule is CCc1nnc(SCC(=O)O)n1-c1cccc(I)c1. The highest BCUT2D eigenvalue weighted by atomic mass is 127. The van der Waals surface area contributed by atoms with Crippen molar-refractivity contribution in [1.82, 2.24) is 14.8 Å². The molecule has 100 valence electrons. The first kappa shape index (κ1) is 14.3. The van der Waals surface area contributed by atoms with Crippen molar-refractivity contribution in [2.24, 2.45) is 0 Å². The number of hydrogen-bond acceptors (Lipinski definition) is 4. The maximum absolute atomic E-state index is 10.7. The molecule has 0 aliphatic heterocycles. The molecule has 0 spiro atoms. The van der Waals surface area contributed by atoms with Crippen LogP contribution in [0.5, 0.6) is 0 Å². The standard InChI is InChI=1S/C12H12IN3O2S/c1-2-10-14-15-12(19-7-11(17)18)16(10)9-5-3-4-8(13)6-9/h3-6H,2,7H2,1H3,(H,17,18). The zero-order chi connectivity index (χ0) is 13.8. The molecule has 2 aromatic rings. The van der Waals surface area contributed by atoms with Crippen LogP contribution in [0, 0.1) is 3.57 Å². The van der Waals surface area contributed by atoms with Gasteiger partial charge in [-0.3, -0.25) is 9.36 Å².